The number of carbonyl (C=O) groups excluding carboxylic acids is 1. The lowest BCUT2D eigenvalue weighted by Gasteiger charge is -2.30. The third-order valence-corrected chi connectivity index (χ3v) is 4.55. The molecule has 2 N–H and O–H groups in total. The normalized spacial score (nSPS) is 33.1. The summed E-state index contributed by atoms with van der Waals surface area (Å²) in [4.78, 5) is 11.9. The van der Waals surface area contributed by atoms with Crippen molar-refractivity contribution in [3.05, 3.63) is 0 Å². The molecule has 0 aliphatic heterocycles. The SMILES string of the molecule is CC(C)COCCC(=O)NC1C2CCC(C2)C1CO. The Morgan fingerprint density at radius 3 is 2.79 bits per heavy atom. The largest absolute Gasteiger partial charge is 0.396 e. The fourth-order valence-electron chi connectivity index (χ4n) is 3.64. The van der Waals surface area contributed by atoms with Crippen LogP contribution in [0.2, 0.25) is 0 Å². The number of amides is 1. The van der Waals surface area contributed by atoms with E-state index in [1.165, 1.54) is 19.3 Å². The summed E-state index contributed by atoms with van der Waals surface area (Å²) in [6.07, 6.45) is 4.04. The standard InChI is InChI=1S/C15H27NO3/c1-10(2)9-19-6-5-14(18)16-15-12-4-3-11(7-12)13(15)8-17/h10-13,15,17H,3-9H2,1-2H3,(H,16,18). The van der Waals surface area contributed by atoms with Crippen LogP contribution in [0.5, 0.6) is 0 Å². The summed E-state index contributed by atoms with van der Waals surface area (Å²) in [5.74, 6) is 2.06. The van der Waals surface area contributed by atoms with E-state index < -0.39 is 0 Å². The molecule has 0 saturated heterocycles. The van der Waals surface area contributed by atoms with Crippen LogP contribution in [0.4, 0.5) is 0 Å². The van der Waals surface area contributed by atoms with E-state index in [1.807, 2.05) is 0 Å². The lowest BCUT2D eigenvalue weighted by molar-refractivity contribution is -0.123. The smallest absolute Gasteiger partial charge is 0.222 e. The van der Waals surface area contributed by atoms with E-state index >= 15 is 0 Å². The van der Waals surface area contributed by atoms with Crippen LogP contribution in [-0.4, -0.2) is 36.9 Å². The fourth-order valence-corrected chi connectivity index (χ4v) is 3.64. The maximum Gasteiger partial charge on any atom is 0.222 e. The summed E-state index contributed by atoms with van der Waals surface area (Å²) >= 11 is 0. The number of carbonyl (C=O) groups is 1. The lowest BCUT2D eigenvalue weighted by Crippen LogP contribution is -2.45. The van der Waals surface area contributed by atoms with Gasteiger partial charge in [0.1, 0.15) is 0 Å². The number of fused-ring (bicyclic) bond motifs is 2. The van der Waals surface area contributed by atoms with Crippen LogP contribution in [-0.2, 0) is 9.53 Å². The maximum atomic E-state index is 11.9. The Bertz CT molecular complexity index is 306. The number of rotatable bonds is 7. The zero-order valence-corrected chi connectivity index (χ0v) is 12.1. The molecular weight excluding hydrogens is 242 g/mol. The number of hydrogen-bond acceptors (Lipinski definition) is 3. The van der Waals surface area contributed by atoms with Crippen LogP contribution in [0.15, 0.2) is 0 Å². The van der Waals surface area contributed by atoms with Gasteiger partial charge in [-0.25, -0.2) is 0 Å². The molecule has 2 aliphatic rings. The monoisotopic (exact) mass is 269 g/mol. The first-order chi connectivity index (χ1) is 9.11. The van der Waals surface area contributed by atoms with Crippen molar-refractivity contribution in [3.63, 3.8) is 0 Å². The first-order valence-electron chi connectivity index (χ1n) is 7.59. The summed E-state index contributed by atoms with van der Waals surface area (Å²) in [5, 5.41) is 12.6. The van der Waals surface area contributed by atoms with Gasteiger partial charge in [-0.2, -0.15) is 0 Å². The molecule has 2 rings (SSSR count). The zero-order valence-electron chi connectivity index (χ0n) is 12.1. The van der Waals surface area contributed by atoms with Gasteiger partial charge in [-0.05, 0) is 37.0 Å². The van der Waals surface area contributed by atoms with Gasteiger partial charge in [-0.1, -0.05) is 13.8 Å². The molecule has 4 unspecified atom stereocenters. The van der Waals surface area contributed by atoms with Gasteiger partial charge < -0.3 is 15.2 Å². The Kier molecular flexibility index (Phi) is 5.22. The summed E-state index contributed by atoms with van der Waals surface area (Å²) in [5.41, 5.74) is 0. The summed E-state index contributed by atoms with van der Waals surface area (Å²) in [6, 6.07) is 0.196. The number of hydrogen-bond donors (Lipinski definition) is 2. The van der Waals surface area contributed by atoms with Crippen LogP contribution in [0.1, 0.15) is 39.5 Å². The Labute approximate surface area is 115 Å². The van der Waals surface area contributed by atoms with E-state index in [1.54, 1.807) is 0 Å². The summed E-state index contributed by atoms with van der Waals surface area (Å²) < 4.78 is 5.44. The van der Waals surface area contributed by atoms with Gasteiger partial charge in [-0.3, -0.25) is 4.79 Å². The fraction of sp³-hybridized carbons (Fsp3) is 0.933. The van der Waals surface area contributed by atoms with Gasteiger partial charge in [0.15, 0.2) is 0 Å². The van der Waals surface area contributed by atoms with Gasteiger partial charge in [0.05, 0.1) is 6.61 Å². The van der Waals surface area contributed by atoms with E-state index in [-0.39, 0.29) is 24.5 Å². The van der Waals surface area contributed by atoms with Crippen molar-refractivity contribution in [3.8, 4) is 0 Å². The Morgan fingerprint density at radius 2 is 2.11 bits per heavy atom. The molecule has 0 aromatic rings. The highest BCUT2D eigenvalue weighted by molar-refractivity contribution is 5.76. The lowest BCUT2D eigenvalue weighted by atomic mass is 9.85. The van der Waals surface area contributed by atoms with Crippen molar-refractivity contribution in [2.24, 2.45) is 23.7 Å². The number of aliphatic hydroxyl groups is 1. The molecule has 0 aromatic carbocycles. The Morgan fingerprint density at radius 1 is 1.37 bits per heavy atom. The maximum absolute atomic E-state index is 11.9. The molecule has 2 aliphatic carbocycles. The molecule has 2 fully saturated rings. The molecule has 0 aromatic heterocycles. The molecule has 0 radical (unpaired) electrons. The van der Waals surface area contributed by atoms with Crippen molar-refractivity contribution < 1.29 is 14.6 Å². The first kappa shape index (κ1) is 14.8. The highest BCUT2D eigenvalue weighted by Crippen LogP contribution is 2.48. The van der Waals surface area contributed by atoms with E-state index in [2.05, 4.69) is 19.2 Å². The Balaban J connectivity index is 1.70. The van der Waals surface area contributed by atoms with Crippen LogP contribution < -0.4 is 5.32 Å². The third kappa shape index (κ3) is 3.69. The molecule has 2 bridgehead atoms. The number of nitrogens with one attached hydrogen (secondary N) is 1. The minimum atomic E-state index is 0.0692. The van der Waals surface area contributed by atoms with Gasteiger partial charge >= 0.3 is 0 Å². The minimum Gasteiger partial charge on any atom is -0.396 e. The predicted octanol–water partition coefficient (Wildman–Crippen LogP) is 1.57. The van der Waals surface area contributed by atoms with Crippen LogP contribution in [0.3, 0.4) is 0 Å². The molecule has 0 heterocycles. The number of aliphatic hydroxyl groups excluding tert-OH is 1. The average molecular weight is 269 g/mol. The first-order valence-corrected chi connectivity index (χ1v) is 7.59. The second kappa shape index (κ2) is 6.71. The van der Waals surface area contributed by atoms with Gasteiger partial charge in [0.2, 0.25) is 5.91 Å². The van der Waals surface area contributed by atoms with Crippen molar-refractivity contribution >= 4 is 5.91 Å². The van der Waals surface area contributed by atoms with Crippen LogP contribution in [0.25, 0.3) is 0 Å². The summed E-state index contributed by atoms with van der Waals surface area (Å²) in [6.45, 7) is 5.60. The molecule has 2 saturated carbocycles. The number of ether oxygens (including phenoxy) is 1. The van der Waals surface area contributed by atoms with E-state index in [4.69, 9.17) is 4.74 Å². The molecule has 4 atom stereocenters. The molecular formula is C15H27NO3. The quantitative estimate of drug-likeness (QED) is 0.690. The van der Waals surface area contributed by atoms with E-state index in [0.717, 1.165) is 0 Å². The second-order valence-electron chi connectivity index (χ2n) is 6.49. The van der Waals surface area contributed by atoms with Crippen molar-refractivity contribution in [1.29, 1.82) is 0 Å². The molecule has 110 valence electrons. The highest BCUT2D eigenvalue weighted by atomic mass is 16.5. The van der Waals surface area contributed by atoms with E-state index in [9.17, 15) is 9.90 Å². The predicted molar refractivity (Wildman–Crippen MR) is 73.6 cm³/mol. The second-order valence-corrected chi connectivity index (χ2v) is 6.49. The molecule has 4 nitrogen and oxygen atoms in total. The molecule has 0 spiro atoms. The average Bonchev–Trinajstić information content (AvgIpc) is 2.95. The zero-order chi connectivity index (χ0) is 13.8. The van der Waals surface area contributed by atoms with Gasteiger partial charge in [-0.15, -0.1) is 0 Å². The molecule has 1 amide bonds. The minimum absolute atomic E-state index is 0.0692. The third-order valence-electron chi connectivity index (χ3n) is 4.55. The van der Waals surface area contributed by atoms with Crippen LogP contribution in [0, 0.1) is 23.7 Å². The summed E-state index contributed by atoms with van der Waals surface area (Å²) in [7, 11) is 0. The highest BCUT2D eigenvalue weighted by Gasteiger charge is 2.47. The van der Waals surface area contributed by atoms with Crippen molar-refractivity contribution in [2.45, 2.75) is 45.6 Å². The van der Waals surface area contributed by atoms with Gasteiger partial charge in [0.25, 0.3) is 0 Å². The molecule has 4 heteroatoms. The van der Waals surface area contributed by atoms with Crippen molar-refractivity contribution in [1.82, 2.24) is 5.32 Å². The van der Waals surface area contributed by atoms with Crippen LogP contribution >= 0.6 is 0 Å². The molecule has 19 heavy (non-hydrogen) atoms. The van der Waals surface area contributed by atoms with E-state index in [0.29, 0.717) is 37.4 Å². The Hall–Kier alpha value is -0.610. The van der Waals surface area contributed by atoms with Crippen molar-refractivity contribution in [2.75, 3.05) is 19.8 Å². The topological polar surface area (TPSA) is 58.6 Å². The van der Waals surface area contributed by atoms with Gasteiger partial charge in [0, 0.05) is 31.6 Å².